The van der Waals surface area contributed by atoms with Gasteiger partial charge in [0.15, 0.2) is 0 Å². The molecule has 0 aromatic heterocycles. The Morgan fingerprint density at radius 3 is 2.70 bits per heavy atom. The summed E-state index contributed by atoms with van der Waals surface area (Å²) in [6, 6.07) is 9.77. The van der Waals surface area contributed by atoms with Crippen LogP contribution in [-0.2, 0) is 0 Å². The van der Waals surface area contributed by atoms with E-state index in [0.717, 1.165) is 30.8 Å². The number of nitriles is 1. The minimum atomic E-state index is -0.284. The number of rotatable bonds is 8. The van der Waals surface area contributed by atoms with E-state index in [2.05, 4.69) is 30.4 Å². The number of nitrogens with one attached hydrogen (secondary N) is 1. The molecule has 1 unspecified atom stereocenters. The maximum Gasteiger partial charge on any atom is 0.121 e. The fraction of sp³-hybridized carbons (Fsp3) is 0.562. The van der Waals surface area contributed by atoms with E-state index < -0.39 is 0 Å². The molecule has 0 saturated carbocycles. The molecule has 4 heteroatoms. The molecule has 0 radical (unpaired) electrons. The van der Waals surface area contributed by atoms with E-state index in [1.165, 1.54) is 0 Å². The topological polar surface area (TPSA) is 48.3 Å². The summed E-state index contributed by atoms with van der Waals surface area (Å²) in [7, 11) is 4.10. The maximum atomic E-state index is 9.30. The smallest absolute Gasteiger partial charge is 0.121 e. The highest BCUT2D eigenvalue weighted by Gasteiger charge is 2.10. The molecule has 0 saturated heterocycles. The van der Waals surface area contributed by atoms with Crippen LogP contribution in [0.25, 0.3) is 0 Å². The van der Waals surface area contributed by atoms with E-state index in [1.807, 2.05) is 38.1 Å². The highest BCUT2D eigenvalue weighted by Crippen LogP contribution is 2.20. The van der Waals surface area contributed by atoms with Crippen LogP contribution in [0.2, 0.25) is 0 Å². The summed E-state index contributed by atoms with van der Waals surface area (Å²) in [5.41, 5.74) is 0.954. The number of benzene rings is 1. The molecule has 0 fully saturated rings. The number of hydrogen-bond acceptors (Lipinski definition) is 4. The fourth-order valence-corrected chi connectivity index (χ4v) is 1.92. The first-order valence-corrected chi connectivity index (χ1v) is 7.07. The van der Waals surface area contributed by atoms with Gasteiger partial charge in [-0.05, 0) is 65.1 Å². The first-order chi connectivity index (χ1) is 9.52. The lowest BCUT2D eigenvalue weighted by Gasteiger charge is -2.15. The van der Waals surface area contributed by atoms with Crippen LogP contribution in [0.15, 0.2) is 24.3 Å². The second kappa shape index (κ2) is 8.57. The summed E-state index contributed by atoms with van der Waals surface area (Å²) in [5.74, 6) is 0.813. The summed E-state index contributed by atoms with van der Waals surface area (Å²) in [6.45, 7) is 5.83. The molecular weight excluding hydrogens is 250 g/mol. The van der Waals surface area contributed by atoms with Crippen molar-refractivity contribution in [3.63, 3.8) is 0 Å². The molecule has 1 atom stereocenters. The lowest BCUT2D eigenvalue weighted by molar-refractivity contribution is 0.242. The van der Waals surface area contributed by atoms with Crippen LogP contribution in [0.1, 0.15) is 31.9 Å². The third-order valence-electron chi connectivity index (χ3n) is 2.82. The lowest BCUT2D eigenvalue weighted by atomic mass is 10.1. The maximum absolute atomic E-state index is 9.30. The summed E-state index contributed by atoms with van der Waals surface area (Å²) in [5, 5.41) is 12.6. The van der Waals surface area contributed by atoms with E-state index in [1.54, 1.807) is 0 Å². The minimum absolute atomic E-state index is 0.138. The van der Waals surface area contributed by atoms with Crippen molar-refractivity contribution in [1.29, 1.82) is 5.26 Å². The van der Waals surface area contributed by atoms with Crippen LogP contribution in [0, 0.1) is 11.3 Å². The van der Waals surface area contributed by atoms with Crippen LogP contribution in [0.4, 0.5) is 0 Å². The van der Waals surface area contributed by atoms with Crippen molar-refractivity contribution >= 4 is 0 Å². The Kier molecular flexibility index (Phi) is 7.06. The molecule has 0 aliphatic carbocycles. The fourth-order valence-electron chi connectivity index (χ4n) is 1.92. The molecule has 0 bridgehead atoms. The second-order valence-corrected chi connectivity index (χ2v) is 5.41. The largest absolute Gasteiger partial charge is 0.491 e. The Bertz CT molecular complexity index is 438. The third-order valence-corrected chi connectivity index (χ3v) is 2.82. The molecule has 0 spiro atoms. The van der Waals surface area contributed by atoms with Gasteiger partial charge in [-0.3, -0.25) is 5.32 Å². The van der Waals surface area contributed by atoms with E-state index in [-0.39, 0.29) is 12.1 Å². The molecule has 1 aromatic carbocycles. The van der Waals surface area contributed by atoms with Crippen molar-refractivity contribution in [2.24, 2.45) is 0 Å². The van der Waals surface area contributed by atoms with Gasteiger partial charge < -0.3 is 9.64 Å². The highest BCUT2D eigenvalue weighted by atomic mass is 16.5. The van der Waals surface area contributed by atoms with Gasteiger partial charge in [0.1, 0.15) is 11.8 Å². The van der Waals surface area contributed by atoms with Crippen molar-refractivity contribution in [2.45, 2.75) is 32.4 Å². The predicted octanol–water partition coefficient (Wildman–Crippen LogP) is 2.58. The molecule has 0 aliphatic heterocycles. The zero-order chi connectivity index (χ0) is 15.0. The monoisotopic (exact) mass is 275 g/mol. The van der Waals surface area contributed by atoms with Gasteiger partial charge in [0.05, 0.1) is 12.2 Å². The van der Waals surface area contributed by atoms with Gasteiger partial charge in [-0.25, -0.2) is 0 Å². The molecule has 1 rings (SSSR count). The molecule has 0 aliphatic rings. The lowest BCUT2D eigenvalue weighted by Crippen LogP contribution is -2.24. The Balaban J connectivity index is 2.58. The van der Waals surface area contributed by atoms with Crippen LogP contribution in [0.5, 0.6) is 5.75 Å². The van der Waals surface area contributed by atoms with Gasteiger partial charge in [-0.1, -0.05) is 12.1 Å². The Hall–Kier alpha value is -1.57. The first kappa shape index (κ1) is 16.5. The average molecular weight is 275 g/mol. The number of hydrogen-bond donors (Lipinski definition) is 1. The molecule has 0 heterocycles. The van der Waals surface area contributed by atoms with Crippen molar-refractivity contribution < 1.29 is 4.74 Å². The molecule has 1 N–H and O–H groups in total. The van der Waals surface area contributed by atoms with Crippen molar-refractivity contribution in [2.75, 3.05) is 27.2 Å². The minimum Gasteiger partial charge on any atom is -0.491 e. The van der Waals surface area contributed by atoms with Crippen LogP contribution >= 0.6 is 0 Å². The number of ether oxygens (including phenoxy) is 1. The van der Waals surface area contributed by atoms with Gasteiger partial charge in [0, 0.05) is 0 Å². The molecule has 0 amide bonds. The average Bonchev–Trinajstić information content (AvgIpc) is 2.38. The zero-order valence-electron chi connectivity index (χ0n) is 12.9. The summed E-state index contributed by atoms with van der Waals surface area (Å²) in [6.07, 6.45) is 1.16. The Morgan fingerprint density at radius 2 is 2.10 bits per heavy atom. The number of nitrogens with zero attached hydrogens (tertiary/aromatic N) is 2. The molecule has 4 nitrogen and oxygen atoms in total. The van der Waals surface area contributed by atoms with Gasteiger partial charge in [0.2, 0.25) is 0 Å². The summed E-state index contributed by atoms with van der Waals surface area (Å²) in [4.78, 5) is 2.14. The van der Waals surface area contributed by atoms with Gasteiger partial charge in [-0.15, -0.1) is 0 Å². The summed E-state index contributed by atoms with van der Waals surface area (Å²) >= 11 is 0. The van der Waals surface area contributed by atoms with Crippen LogP contribution < -0.4 is 10.1 Å². The zero-order valence-corrected chi connectivity index (χ0v) is 12.9. The first-order valence-electron chi connectivity index (χ1n) is 7.07. The quantitative estimate of drug-likeness (QED) is 0.741. The summed E-state index contributed by atoms with van der Waals surface area (Å²) < 4.78 is 5.66. The van der Waals surface area contributed by atoms with Gasteiger partial charge >= 0.3 is 0 Å². The van der Waals surface area contributed by atoms with E-state index in [4.69, 9.17) is 4.74 Å². The van der Waals surface area contributed by atoms with Crippen LogP contribution in [-0.4, -0.2) is 38.2 Å². The van der Waals surface area contributed by atoms with Gasteiger partial charge in [0.25, 0.3) is 0 Å². The Labute approximate surface area is 122 Å². The predicted molar refractivity (Wildman–Crippen MR) is 81.7 cm³/mol. The second-order valence-electron chi connectivity index (χ2n) is 5.41. The molecular formula is C16H25N3O. The highest BCUT2D eigenvalue weighted by molar-refractivity contribution is 5.33. The van der Waals surface area contributed by atoms with E-state index >= 15 is 0 Å². The normalized spacial score (nSPS) is 12.4. The SMILES string of the molecule is CC(C)Oc1cccc(C(C#N)NCCCN(C)C)c1. The van der Waals surface area contributed by atoms with E-state index in [9.17, 15) is 5.26 Å². The van der Waals surface area contributed by atoms with Crippen molar-refractivity contribution in [3.8, 4) is 11.8 Å². The van der Waals surface area contributed by atoms with Crippen molar-refractivity contribution in [1.82, 2.24) is 10.2 Å². The molecule has 20 heavy (non-hydrogen) atoms. The third kappa shape index (κ3) is 6.05. The van der Waals surface area contributed by atoms with Crippen molar-refractivity contribution in [3.05, 3.63) is 29.8 Å². The molecule has 1 aromatic rings. The Morgan fingerprint density at radius 1 is 1.35 bits per heavy atom. The van der Waals surface area contributed by atoms with Crippen LogP contribution in [0.3, 0.4) is 0 Å². The van der Waals surface area contributed by atoms with Gasteiger partial charge in [-0.2, -0.15) is 5.26 Å². The van der Waals surface area contributed by atoms with E-state index in [0.29, 0.717) is 0 Å². The standard InChI is InChI=1S/C16H25N3O/c1-13(2)20-15-8-5-7-14(11-15)16(12-17)18-9-6-10-19(3)4/h5,7-8,11,13,16,18H,6,9-10H2,1-4H3. The molecule has 110 valence electrons.